The van der Waals surface area contributed by atoms with Crippen LogP contribution in [0.15, 0.2) is 41.6 Å². The molecule has 1 amide bonds. The summed E-state index contributed by atoms with van der Waals surface area (Å²) in [5.74, 6) is -0.932. The minimum Gasteiger partial charge on any atom is -0.386 e. The molecular weight excluding hydrogens is 395 g/mol. The van der Waals surface area contributed by atoms with Crippen molar-refractivity contribution in [2.75, 3.05) is 43.1 Å². The van der Waals surface area contributed by atoms with E-state index in [1.165, 1.54) is 18.3 Å². The van der Waals surface area contributed by atoms with Gasteiger partial charge in [0.15, 0.2) is 6.61 Å². The van der Waals surface area contributed by atoms with Gasteiger partial charge in [-0.2, -0.15) is 0 Å². The molecule has 30 heavy (non-hydrogen) atoms. The lowest BCUT2D eigenvalue weighted by Gasteiger charge is -2.28. The lowest BCUT2D eigenvalue weighted by atomic mass is 10.1. The summed E-state index contributed by atoms with van der Waals surface area (Å²) in [6, 6.07) is 9.08. The van der Waals surface area contributed by atoms with E-state index < -0.39 is 16.6 Å². The standard InChI is InChI=1S/C20H21FN4O5/c1-14-2-4-16(11-17(14)21)23-20(26)13-30-22-12-15-3-5-18(19(10-15)25(27)28)24-6-8-29-9-7-24/h2-5,10-12H,6-9,13H2,1H3,(H,23,26)/b22-12-. The summed E-state index contributed by atoms with van der Waals surface area (Å²) in [7, 11) is 0. The molecule has 0 aromatic heterocycles. The zero-order valence-electron chi connectivity index (χ0n) is 16.3. The molecule has 1 N–H and O–H groups in total. The first-order valence-electron chi connectivity index (χ1n) is 9.26. The van der Waals surface area contributed by atoms with Crippen molar-refractivity contribution in [1.29, 1.82) is 0 Å². The van der Waals surface area contributed by atoms with Gasteiger partial charge >= 0.3 is 0 Å². The van der Waals surface area contributed by atoms with Gasteiger partial charge in [0.05, 0.1) is 24.4 Å². The van der Waals surface area contributed by atoms with Crippen LogP contribution in [0.25, 0.3) is 0 Å². The molecule has 0 radical (unpaired) electrons. The van der Waals surface area contributed by atoms with Crippen LogP contribution >= 0.6 is 0 Å². The molecule has 0 aliphatic carbocycles. The second-order valence-electron chi connectivity index (χ2n) is 6.62. The van der Waals surface area contributed by atoms with E-state index in [9.17, 15) is 19.3 Å². The molecule has 2 aromatic rings. The zero-order valence-corrected chi connectivity index (χ0v) is 16.3. The molecule has 9 nitrogen and oxygen atoms in total. The number of amides is 1. The highest BCUT2D eigenvalue weighted by Crippen LogP contribution is 2.29. The van der Waals surface area contributed by atoms with Crippen LogP contribution in [0.5, 0.6) is 0 Å². The maximum Gasteiger partial charge on any atom is 0.293 e. The first-order valence-corrected chi connectivity index (χ1v) is 9.26. The number of benzene rings is 2. The van der Waals surface area contributed by atoms with Gasteiger partial charge in [-0.1, -0.05) is 17.3 Å². The van der Waals surface area contributed by atoms with Crippen molar-refractivity contribution < 1.29 is 23.7 Å². The Hall–Kier alpha value is -3.53. The van der Waals surface area contributed by atoms with Crippen molar-refractivity contribution in [3.8, 4) is 0 Å². The number of nitro groups is 1. The Morgan fingerprint density at radius 2 is 2.10 bits per heavy atom. The van der Waals surface area contributed by atoms with E-state index in [0.717, 1.165) is 0 Å². The van der Waals surface area contributed by atoms with Crippen molar-refractivity contribution in [3.63, 3.8) is 0 Å². The van der Waals surface area contributed by atoms with Gasteiger partial charge in [0.25, 0.3) is 11.6 Å². The summed E-state index contributed by atoms with van der Waals surface area (Å²) in [5.41, 5.74) is 1.72. The molecule has 2 aromatic carbocycles. The molecule has 1 saturated heterocycles. The van der Waals surface area contributed by atoms with Crippen molar-refractivity contribution in [1.82, 2.24) is 0 Å². The Balaban J connectivity index is 1.57. The van der Waals surface area contributed by atoms with E-state index in [1.54, 1.807) is 31.2 Å². The van der Waals surface area contributed by atoms with Gasteiger partial charge in [-0.3, -0.25) is 14.9 Å². The Kier molecular flexibility index (Phi) is 6.91. The predicted octanol–water partition coefficient (Wildman–Crippen LogP) is 2.87. The van der Waals surface area contributed by atoms with Gasteiger partial charge in [0.2, 0.25) is 0 Å². The SMILES string of the molecule is Cc1ccc(NC(=O)CO/N=C\c2ccc(N3CCOCC3)c([N+](=O)[O-])c2)cc1F. The number of nitrogens with zero attached hydrogens (tertiary/aromatic N) is 3. The Morgan fingerprint density at radius 3 is 2.80 bits per heavy atom. The van der Waals surface area contributed by atoms with Crippen LogP contribution in [0.3, 0.4) is 0 Å². The molecular formula is C20H21FN4O5. The van der Waals surface area contributed by atoms with E-state index in [4.69, 9.17) is 9.57 Å². The van der Waals surface area contributed by atoms with Crippen molar-refractivity contribution in [2.45, 2.75) is 6.92 Å². The molecule has 1 aliphatic rings. The fourth-order valence-corrected chi connectivity index (χ4v) is 2.90. The summed E-state index contributed by atoms with van der Waals surface area (Å²) in [5, 5.41) is 17.6. The maximum absolute atomic E-state index is 13.5. The number of nitrogens with one attached hydrogen (secondary N) is 1. The van der Waals surface area contributed by atoms with Gasteiger partial charge in [-0.25, -0.2) is 4.39 Å². The second kappa shape index (κ2) is 9.79. The number of hydrogen-bond donors (Lipinski definition) is 1. The largest absolute Gasteiger partial charge is 0.386 e. The van der Waals surface area contributed by atoms with Gasteiger partial charge in [-0.15, -0.1) is 0 Å². The lowest BCUT2D eigenvalue weighted by Crippen LogP contribution is -2.36. The van der Waals surface area contributed by atoms with Crippen LogP contribution in [0.1, 0.15) is 11.1 Å². The molecule has 158 valence electrons. The van der Waals surface area contributed by atoms with Crippen LogP contribution < -0.4 is 10.2 Å². The molecule has 1 aliphatic heterocycles. The van der Waals surface area contributed by atoms with Crippen molar-refractivity contribution in [3.05, 3.63) is 63.5 Å². The Bertz CT molecular complexity index is 960. The number of hydrogen-bond acceptors (Lipinski definition) is 7. The monoisotopic (exact) mass is 416 g/mol. The average molecular weight is 416 g/mol. The Labute approximate surface area is 172 Å². The average Bonchev–Trinajstić information content (AvgIpc) is 2.74. The quantitative estimate of drug-likeness (QED) is 0.423. The summed E-state index contributed by atoms with van der Waals surface area (Å²) < 4.78 is 18.8. The molecule has 0 saturated carbocycles. The van der Waals surface area contributed by atoms with Gasteiger partial charge in [0, 0.05) is 30.4 Å². The van der Waals surface area contributed by atoms with Crippen LogP contribution in [-0.4, -0.2) is 50.0 Å². The highest BCUT2D eigenvalue weighted by Gasteiger charge is 2.21. The number of aryl methyl sites for hydroxylation is 1. The first-order chi connectivity index (χ1) is 14.4. The van der Waals surface area contributed by atoms with E-state index in [0.29, 0.717) is 48.8 Å². The third-order valence-corrected chi connectivity index (χ3v) is 4.48. The lowest BCUT2D eigenvalue weighted by molar-refractivity contribution is -0.384. The summed E-state index contributed by atoms with van der Waals surface area (Å²) in [4.78, 5) is 29.7. The highest BCUT2D eigenvalue weighted by molar-refractivity contribution is 5.91. The number of oxime groups is 1. The van der Waals surface area contributed by atoms with E-state index in [-0.39, 0.29) is 12.3 Å². The first kappa shape index (κ1) is 21.2. The van der Waals surface area contributed by atoms with Crippen LogP contribution in [0.2, 0.25) is 0 Å². The molecule has 10 heteroatoms. The van der Waals surface area contributed by atoms with Crippen LogP contribution in [0, 0.1) is 22.9 Å². The molecule has 1 fully saturated rings. The number of rotatable bonds is 7. The van der Waals surface area contributed by atoms with E-state index in [1.807, 2.05) is 4.90 Å². The summed E-state index contributed by atoms with van der Waals surface area (Å²) >= 11 is 0. The smallest absolute Gasteiger partial charge is 0.293 e. The normalized spacial score (nSPS) is 14.0. The fraction of sp³-hybridized carbons (Fsp3) is 0.300. The third-order valence-electron chi connectivity index (χ3n) is 4.48. The van der Waals surface area contributed by atoms with Crippen molar-refractivity contribution in [2.24, 2.45) is 5.16 Å². The minimum absolute atomic E-state index is 0.0417. The molecule has 3 rings (SSSR count). The number of anilines is 2. The zero-order chi connectivity index (χ0) is 21.5. The topological polar surface area (TPSA) is 106 Å². The fourth-order valence-electron chi connectivity index (χ4n) is 2.90. The molecule has 0 unspecified atom stereocenters. The summed E-state index contributed by atoms with van der Waals surface area (Å²) in [6.07, 6.45) is 1.29. The maximum atomic E-state index is 13.5. The van der Waals surface area contributed by atoms with Gasteiger partial charge in [0.1, 0.15) is 11.5 Å². The number of nitro benzene ring substituents is 1. The van der Waals surface area contributed by atoms with Gasteiger partial charge < -0.3 is 19.8 Å². The third kappa shape index (κ3) is 5.51. The van der Waals surface area contributed by atoms with E-state index in [2.05, 4.69) is 10.5 Å². The van der Waals surface area contributed by atoms with Crippen molar-refractivity contribution >= 4 is 29.2 Å². The second-order valence-corrected chi connectivity index (χ2v) is 6.62. The van der Waals surface area contributed by atoms with Crippen LogP contribution in [0.4, 0.5) is 21.5 Å². The number of carbonyl (C=O) groups is 1. The minimum atomic E-state index is -0.510. The Morgan fingerprint density at radius 1 is 1.33 bits per heavy atom. The molecule has 0 bridgehead atoms. The predicted molar refractivity (Wildman–Crippen MR) is 109 cm³/mol. The van der Waals surface area contributed by atoms with E-state index >= 15 is 0 Å². The number of halogens is 1. The van der Waals surface area contributed by atoms with Crippen LogP contribution in [-0.2, 0) is 14.4 Å². The number of morpholine rings is 1. The molecule has 0 atom stereocenters. The molecule has 1 heterocycles. The summed E-state index contributed by atoms with van der Waals surface area (Å²) in [6.45, 7) is 3.43. The number of carbonyl (C=O) groups excluding carboxylic acids is 1. The number of ether oxygens (including phenoxy) is 1. The molecule has 0 spiro atoms. The highest BCUT2D eigenvalue weighted by atomic mass is 19.1. The van der Waals surface area contributed by atoms with Gasteiger partial charge in [-0.05, 0) is 30.7 Å².